The van der Waals surface area contributed by atoms with Gasteiger partial charge in [-0.15, -0.1) is 0 Å². The second-order valence-electron chi connectivity index (χ2n) is 7.29. The van der Waals surface area contributed by atoms with Crippen LogP contribution < -0.4 is 5.32 Å². The van der Waals surface area contributed by atoms with Gasteiger partial charge in [-0.3, -0.25) is 4.79 Å². The Balaban J connectivity index is 1.90. The van der Waals surface area contributed by atoms with E-state index in [1.54, 1.807) is 25.3 Å². The van der Waals surface area contributed by atoms with Crippen LogP contribution in [-0.2, 0) is 9.53 Å². The van der Waals surface area contributed by atoms with Crippen LogP contribution in [0.4, 0.5) is 4.79 Å². The summed E-state index contributed by atoms with van der Waals surface area (Å²) in [6.07, 6.45) is 0.496. The molecule has 0 saturated heterocycles. The first kappa shape index (κ1) is 24.0. The molecule has 1 unspecified atom stereocenters. The lowest BCUT2D eigenvalue weighted by Gasteiger charge is -2.27. The molecule has 1 heterocycles. The van der Waals surface area contributed by atoms with Crippen molar-refractivity contribution in [3.8, 4) is 0 Å². The fraction of sp³-hybridized carbons (Fsp3) is 0.348. The van der Waals surface area contributed by atoms with E-state index in [1.807, 2.05) is 37.3 Å². The molecule has 3 rings (SSSR count). The number of rotatable bonds is 8. The molecule has 0 radical (unpaired) electrons. The highest BCUT2D eigenvalue weighted by atomic mass is 35.5. The average Bonchev–Trinajstić information content (AvgIpc) is 3.22. The minimum Gasteiger partial charge on any atom is -0.383 e. The summed E-state index contributed by atoms with van der Waals surface area (Å²) in [5, 5.41) is 9.99. The molecule has 1 N–H and O–H groups in total. The maximum Gasteiger partial charge on any atom is 0.317 e. The lowest BCUT2D eigenvalue weighted by atomic mass is 9.98. The number of carbonyl (C=O) groups is 2. The lowest BCUT2D eigenvalue weighted by molar-refractivity contribution is -0.133. The molecule has 0 aliphatic carbocycles. The van der Waals surface area contributed by atoms with Crippen molar-refractivity contribution in [2.45, 2.75) is 19.4 Å². The second-order valence-corrected chi connectivity index (χ2v) is 8.13. The molecule has 9 heteroatoms. The zero-order valence-corrected chi connectivity index (χ0v) is 19.6. The van der Waals surface area contributed by atoms with E-state index in [4.69, 9.17) is 27.9 Å². The Hall–Kier alpha value is -2.61. The second kappa shape index (κ2) is 11.3. The minimum atomic E-state index is -0.329. The zero-order chi connectivity index (χ0) is 23.1. The van der Waals surface area contributed by atoms with Gasteiger partial charge in [0.25, 0.3) is 5.91 Å². The summed E-state index contributed by atoms with van der Waals surface area (Å²) in [6.45, 7) is 2.76. The molecule has 3 amide bonds. The van der Waals surface area contributed by atoms with E-state index >= 15 is 0 Å². The van der Waals surface area contributed by atoms with Gasteiger partial charge in [-0.05, 0) is 30.7 Å². The third-order valence-electron chi connectivity index (χ3n) is 5.11. The van der Waals surface area contributed by atoms with Gasteiger partial charge in [0.2, 0.25) is 0 Å². The number of hydrogen-bond acceptors (Lipinski definition) is 4. The van der Waals surface area contributed by atoms with E-state index in [9.17, 15) is 9.59 Å². The monoisotopic (exact) mass is 476 g/mol. The van der Waals surface area contributed by atoms with Gasteiger partial charge in [-0.1, -0.05) is 53.5 Å². The highest BCUT2D eigenvalue weighted by Crippen LogP contribution is 2.34. The number of ether oxygens (including phenoxy) is 1. The summed E-state index contributed by atoms with van der Waals surface area (Å²) in [5.41, 5.74) is 2.39. The van der Waals surface area contributed by atoms with E-state index in [0.29, 0.717) is 35.3 Å². The molecule has 1 aliphatic heterocycles. The number of hydrazone groups is 1. The normalized spacial score (nSPS) is 15.4. The van der Waals surface area contributed by atoms with Gasteiger partial charge in [-0.2, -0.15) is 5.10 Å². The van der Waals surface area contributed by atoms with E-state index < -0.39 is 0 Å². The number of carbonyl (C=O) groups excluding carboxylic acids is 2. The van der Waals surface area contributed by atoms with Gasteiger partial charge in [-0.25, -0.2) is 9.80 Å². The molecule has 1 atom stereocenters. The molecular weight excluding hydrogens is 451 g/mol. The Bertz CT molecular complexity index is 981. The van der Waals surface area contributed by atoms with Gasteiger partial charge >= 0.3 is 6.03 Å². The predicted molar refractivity (Wildman–Crippen MR) is 126 cm³/mol. The summed E-state index contributed by atoms with van der Waals surface area (Å²) in [4.78, 5) is 27.2. The van der Waals surface area contributed by atoms with Crippen LogP contribution >= 0.6 is 23.2 Å². The molecule has 0 spiro atoms. The molecule has 0 bridgehead atoms. The smallest absolute Gasteiger partial charge is 0.317 e. The van der Waals surface area contributed by atoms with Crippen molar-refractivity contribution in [1.29, 1.82) is 0 Å². The quantitative estimate of drug-likeness (QED) is 0.615. The first-order chi connectivity index (χ1) is 15.4. The molecule has 0 fully saturated rings. The standard InChI is InChI=1S/C23H26Cl2N4O3/c1-3-26-23(31)28(12-13-32-2)15-22(30)29-21(16-8-10-17(24)11-9-16)14-20(27-29)18-6-4-5-7-19(18)25/h4-11,21H,3,12-15H2,1-2H3,(H,26,31). The molecule has 7 nitrogen and oxygen atoms in total. The Morgan fingerprint density at radius 3 is 2.56 bits per heavy atom. The molecule has 170 valence electrons. The van der Waals surface area contributed by atoms with Crippen molar-refractivity contribution < 1.29 is 14.3 Å². The third-order valence-corrected chi connectivity index (χ3v) is 5.69. The summed E-state index contributed by atoms with van der Waals surface area (Å²) in [6, 6.07) is 14.1. The maximum absolute atomic E-state index is 13.3. The number of nitrogens with one attached hydrogen (secondary N) is 1. The largest absolute Gasteiger partial charge is 0.383 e. The molecule has 2 aromatic rings. The number of methoxy groups -OCH3 is 1. The predicted octanol–water partition coefficient (Wildman–Crippen LogP) is 4.35. The van der Waals surface area contributed by atoms with Gasteiger partial charge in [0.1, 0.15) is 6.54 Å². The number of halogens is 2. The first-order valence-corrected chi connectivity index (χ1v) is 11.1. The van der Waals surface area contributed by atoms with Gasteiger partial charge in [0.15, 0.2) is 0 Å². The Labute approximate surface area is 197 Å². The van der Waals surface area contributed by atoms with E-state index in [-0.39, 0.29) is 31.1 Å². The van der Waals surface area contributed by atoms with Crippen LogP contribution in [0.3, 0.4) is 0 Å². The summed E-state index contributed by atoms with van der Waals surface area (Å²) < 4.78 is 5.10. The van der Waals surface area contributed by atoms with Crippen LogP contribution in [0.15, 0.2) is 53.6 Å². The Morgan fingerprint density at radius 2 is 1.91 bits per heavy atom. The first-order valence-electron chi connectivity index (χ1n) is 10.4. The average molecular weight is 477 g/mol. The van der Waals surface area contributed by atoms with Crippen LogP contribution in [0.1, 0.15) is 30.5 Å². The SMILES string of the molecule is CCNC(=O)N(CCOC)CC(=O)N1N=C(c2ccccc2Cl)CC1c1ccc(Cl)cc1. The van der Waals surface area contributed by atoms with E-state index in [0.717, 1.165) is 11.1 Å². The molecule has 0 saturated carbocycles. The highest BCUT2D eigenvalue weighted by molar-refractivity contribution is 6.34. The number of benzene rings is 2. The molecule has 2 aromatic carbocycles. The minimum absolute atomic E-state index is 0.126. The molecule has 0 aromatic heterocycles. The van der Waals surface area contributed by atoms with Crippen molar-refractivity contribution in [3.05, 3.63) is 69.7 Å². The number of urea groups is 1. The van der Waals surface area contributed by atoms with Crippen molar-refractivity contribution in [2.24, 2.45) is 5.10 Å². The van der Waals surface area contributed by atoms with Crippen LogP contribution in [0.5, 0.6) is 0 Å². The summed E-state index contributed by atoms with van der Waals surface area (Å²) in [7, 11) is 1.55. The third kappa shape index (κ3) is 5.79. The van der Waals surface area contributed by atoms with Crippen molar-refractivity contribution in [2.75, 3.05) is 33.4 Å². The summed E-state index contributed by atoms with van der Waals surface area (Å²) >= 11 is 12.4. The van der Waals surface area contributed by atoms with Crippen molar-refractivity contribution in [3.63, 3.8) is 0 Å². The zero-order valence-electron chi connectivity index (χ0n) is 18.1. The van der Waals surface area contributed by atoms with Crippen molar-refractivity contribution in [1.82, 2.24) is 15.2 Å². The van der Waals surface area contributed by atoms with Gasteiger partial charge in [0.05, 0.1) is 18.4 Å². The fourth-order valence-electron chi connectivity index (χ4n) is 3.50. The van der Waals surface area contributed by atoms with Crippen molar-refractivity contribution >= 4 is 40.9 Å². The van der Waals surface area contributed by atoms with Crippen LogP contribution in [-0.4, -0.2) is 60.9 Å². The number of hydrogen-bond donors (Lipinski definition) is 1. The van der Waals surface area contributed by atoms with Crippen LogP contribution in [0.25, 0.3) is 0 Å². The molecule has 1 aliphatic rings. The van der Waals surface area contributed by atoms with E-state index in [1.165, 1.54) is 9.91 Å². The number of amides is 3. The van der Waals surface area contributed by atoms with Crippen LogP contribution in [0.2, 0.25) is 10.0 Å². The highest BCUT2D eigenvalue weighted by Gasteiger charge is 2.34. The Kier molecular flexibility index (Phi) is 8.50. The van der Waals surface area contributed by atoms with Gasteiger partial charge in [0, 0.05) is 42.2 Å². The summed E-state index contributed by atoms with van der Waals surface area (Å²) in [5.74, 6) is -0.297. The topological polar surface area (TPSA) is 74.2 Å². The Morgan fingerprint density at radius 1 is 1.19 bits per heavy atom. The molecule has 32 heavy (non-hydrogen) atoms. The number of nitrogens with zero attached hydrogens (tertiary/aromatic N) is 3. The maximum atomic E-state index is 13.3. The van der Waals surface area contributed by atoms with E-state index in [2.05, 4.69) is 10.4 Å². The lowest BCUT2D eigenvalue weighted by Crippen LogP contribution is -2.47. The van der Waals surface area contributed by atoms with Gasteiger partial charge < -0.3 is 15.0 Å². The molecular formula is C23H26Cl2N4O3. The fourth-order valence-corrected chi connectivity index (χ4v) is 3.87. The van der Waals surface area contributed by atoms with Crippen LogP contribution in [0, 0.1) is 0 Å².